The molecule has 20 heavy (non-hydrogen) atoms. The van der Waals surface area contributed by atoms with Crippen molar-refractivity contribution in [1.29, 1.82) is 0 Å². The third-order valence-electron chi connectivity index (χ3n) is 3.77. The van der Waals surface area contributed by atoms with E-state index in [4.69, 9.17) is 5.11 Å². The number of aliphatic hydroxyl groups excluding tert-OH is 1. The molecule has 0 aliphatic carbocycles. The summed E-state index contributed by atoms with van der Waals surface area (Å²) in [7, 11) is 0. The van der Waals surface area contributed by atoms with Crippen molar-refractivity contribution in [2.75, 3.05) is 19.7 Å². The van der Waals surface area contributed by atoms with Crippen LogP contribution in [0.3, 0.4) is 0 Å². The molecule has 1 saturated heterocycles. The van der Waals surface area contributed by atoms with Gasteiger partial charge in [0.05, 0.1) is 4.92 Å². The van der Waals surface area contributed by atoms with Crippen molar-refractivity contribution in [3.05, 3.63) is 39.4 Å². The zero-order valence-electron chi connectivity index (χ0n) is 11.4. The summed E-state index contributed by atoms with van der Waals surface area (Å²) >= 11 is 0. The van der Waals surface area contributed by atoms with E-state index in [0.29, 0.717) is 31.0 Å². The lowest BCUT2D eigenvalue weighted by atomic mass is 10.1. The minimum Gasteiger partial charge on any atom is -0.396 e. The van der Waals surface area contributed by atoms with E-state index in [1.165, 1.54) is 12.1 Å². The minimum absolute atomic E-state index is 0.0648. The third-order valence-corrected chi connectivity index (χ3v) is 3.77. The number of carbonyl (C=O) groups is 1. The maximum Gasteiger partial charge on any atom is 0.270 e. The van der Waals surface area contributed by atoms with Crippen LogP contribution in [-0.2, 0) is 0 Å². The Hall–Kier alpha value is -1.95. The van der Waals surface area contributed by atoms with Crippen molar-refractivity contribution in [3.63, 3.8) is 0 Å². The average molecular weight is 278 g/mol. The monoisotopic (exact) mass is 278 g/mol. The molecule has 1 aromatic carbocycles. The number of hydrogen-bond acceptors (Lipinski definition) is 4. The molecule has 0 bridgehead atoms. The van der Waals surface area contributed by atoms with Gasteiger partial charge in [0, 0.05) is 37.4 Å². The number of amides is 1. The van der Waals surface area contributed by atoms with Gasteiger partial charge in [-0.15, -0.1) is 0 Å². The predicted molar refractivity (Wildman–Crippen MR) is 73.5 cm³/mol. The molecule has 1 amide bonds. The van der Waals surface area contributed by atoms with Gasteiger partial charge in [0.2, 0.25) is 0 Å². The molecule has 6 heteroatoms. The Morgan fingerprint density at radius 3 is 2.95 bits per heavy atom. The van der Waals surface area contributed by atoms with Crippen molar-refractivity contribution in [1.82, 2.24) is 4.90 Å². The number of rotatable bonds is 4. The van der Waals surface area contributed by atoms with Crippen molar-refractivity contribution in [3.8, 4) is 0 Å². The Morgan fingerprint density at radius 1 is 1.55 bits per heavy atom. The predicted octanol–water partition coefficient (Wildman–Crippen LogP) is 1.75. The highest BCUT2D eigenvalue weighted by molar-refractivity contribution is 5.96. The zero-order valence-corrected chi connectivity index (χ0v) is 11.4. The maximum absolute atomic E-state index is 12.4. The second-order valence-electron chi connectivity index (χ2n) is 5.17. The minimum atomic E-state index is -0.491. The standard InChI is InChI=1S/C14H18N2O4/c1-10-2-3-12(16(19)20)8-13(10)14(18)15-6-4-11(9-15)5-7-17/h2-3,8,11,17H,4-7,9H2,1H3. The van der Waals surface area contributed by atoms with Gasteiger partial charge >= 0.3 is 0 Å². The molecule has 0 aromatic heterocycles. The largest absolute Gasteiger partial charge is 0.396 e. The van der Waals surface area contributed by atoms with Gasteiger partial charge in [0.15, 0.2) is 0 Å². The lowest BCUT2D eigenvalue weighted by Crippen LogP contribution is -2.29. The van der Waals surface area contributed by atoms with Crippen LogP contribution >= 0.6 is 0 Å². The number of aryl methyl sites for hydroxylation is 1. The highest BCUT2D eigenvalue weighted by Crippen LogP contribution is 2.24. The molecule has 1 aliphatic rings. The number of nitro groups is 1. The lowest BCUT2D eigenvalue weighted by molar-refractivity contribution is -0.384. The van der Waals surface area contributed by atoms with Crippen LogP contribution in [0.2, 0.25) is 0 Å². The highest BCUT2D eigenvalue weighted by Gasteiger charge is 2.28. The van der Waals surface area contributed by atoms with E-state index < -0.39 is 4.92 Å². The summed E-state index contributed by atoms with van der Waals surface area (Å²) in [5, 5.41) is 19.7. The van der Waals surface area contributed by atoms with E-state index in [-0.39, 0.29) is 18.2 Å². The summed E-state index contributed by atoms with van der Waals surface area (Å²) in [5.74, 6) is 0.162. The van der Waals surface area contributed by atoms with Gasteiger partial charge in [0.25, 0.3) is 11.6 Å². The van der Waals surface area contributed by atoms with Crippen LogP contribution in [0.4, 0.5) is 5.69 Å². The van der Waals surface area contributed by atoms with E-state index in [9.17, 15) is 14.9 Å². The second-order valence-corrected chi connectivity index (χ2v) is 5.17. The van der Waals surface area contributed by atoms with E-state index in [1.807, 2.05) is 0 Å². The Morgan fingerprint density at radius 2 is 2.30 bits per heavy atom. The van der Waals surface area contributed by atoms with Crippen LogP contribution in [0.15, 0.2) is 18.2 Å². The van der Waals surface area contributed by atoms with Crippen LogP contribution in [0, 0.1) is 23.0 Å². The number of hydrogen-bond donors (Lipinski definition) is 1. The Labute approximate surface area is 117 Å². The summed E-state index contributed by atoms with van der Waals surface area (Å²) in [4.78, 5) is 24.5. The molecular formula is C14H18N2O4. The molecule has 1 fully saturated rings. The van der Waals surface area contributed by atoms with Crippen LogP contribution in [0.25, 0.3) is 0 Å². The van der Waals surface area contributed by atoms with E-state index >= 15 is 0 Å². The smallest absolute Gasteiger partial charge is 0.270 e. The number of nitrogens with zero attached hydrogens (tertiary/aromatic N) is 2. The average Bonchev–Trinajstić information content (AvgIpc) is 2.87. The summed E-state index contributed by atoms with van der Waals surface area (Å²) < 4.78 is 0. The normalized spacial score (nSPS) is 18.3. The Kier molecular flexibility index (Phi) is 4.34. The zero-order chi connectivity index (χ0) is 14.7. The molecule has 1 atom stereocenters. The fourth-order valence-electron chi connectivity index (χ4n) is 2.56. The molecule has 1 aliphatic heterocycles. The Balaban J connectivity index is 2.17. The molecule has 1 heterocycles. The van der Waals surface area contributed by atoms with Crippen molar-refractivity contribution >= 4 is 11.6 Å². The van der Waals surface area contributed by atoms with Gasteiger partial charge in [0.1, 0.15) is 0 Å². The van der Waals surface area contributed by atoms with Gasteiger partial charge in [-0.05, 0) is 31.2 Å². The SMILES string of the molecule is Cc1ccc([N+](=O)[O-])cc1C(=O)N1CCC(CCO)C1. The van der Waals surface area contributed by atoms with Gasteiger partial charge in [-0.1, -0.05) is 6.07 Å². The highest BCUT2D eigenvalue weighted by atomic mass is 16.6. The number of aliphatic hydroxyl groups is 1. The van der Waals surface area contributed by atoms with Gasteiger partial charge in [-0.25, -0.2) is 0 Å². The summed E-state index contributed by atoms with van der Waals surface area (Å²) in [6.45, 7) is 3.16. The molecular weight excluding hydrogens is 260 g/mol. The van der Waals surface area contributed by atoms with Crippen LogP contribution in [0.5, 0.6) is 0 Å². The maximum atomic E-state index is 12.4. The number of benzene rings is 1. The van der Waals surface area contributed by atoms with Crippen LogP contribution < -0.4 is 0 Å². The molecule has 1 unspecified atom stereocenters. The molecule has 0 saturated carbocycles. The number of likely N-dealkylation sites (tertiary alicyclic amines) is 1. The third kappa shape index (κ3) is 2.96. The first-order chi connectivity index (χ1) is 9.52. The molecule has 108 valence electrons. The number of non-ortho nitro benzene ring substituents is 1. The second kappa shape index (κ2) is 6.00. The topological polar surface area (TPSA) is 83.7 Å². The molecule has 2 rings (SSSR count). The van der Waals surface area contributed by atoms with Gasteiger partial charge in [-0.2, -0.15) is 0 Å². The molecule has 1 N–H and O–H groups in total. The quantitative estimate of drug-likeness (QED) is 0.671. The fraction of sp³-hybridized carbons (Fsp3) is 0.500. The van der Waals surface area contributed by atoms with Crippen molar-refractivity contribution in [2.45, 2.75) is 19.8 Å². The van der Waals surface area contributed by atoms with E-state index in [1.54, 1.807) is 17.9 Å². The first-order valence-corrected chi connectivity index (χ1v) is 6.68. The first kappa shape index (κ1) is 14.5. The fourth-order valence-corrected chi connectivity index (χ4v) is 2.56. The molecule has 1 aromatic rings. The lowest BCUT2D eigenvalue weighted by Gasteiger charge is -2.17. The summed E-state index contributed by atoms with van der Waals surface area (Å²) in [6.07, 6.45) is 1.57. The van der Waals surface area contributed by atoms with Crippen LogP contribution in [-0.4, -0.2) is 40.5 Å². The number of nitro benzene ring substituents is 1. The number of carbonyl (C=O) groups excluding carboxylic acids is 1. The van der Waals surface area contributed by atoms with Gasteiger partial charge < -0.3 is 10.0 Å². The molecule has 6 nitrogen and oxygen atoms in total. The van der Waals surface area contributed by atoms with Crippen molar-refractivity contribution in [2.24, 2.45) is 5.92 Å². The summed E-state index contributed by atoms with van der Waals surface area (Å²) in [5.41, 5.74) is 1.07. The molecule has 0 spiro atoms. The van der Waals surface area contributed by atoms with E-state index in [0.717, 1.165) is 12.0 Å². The molecule has 0 radical (unpaired) electrons. The van der Waals surface area contributed by atoms with E-state index in [2.05, 4.69) is 0 Å². The van der Waals surface area contributed by atoms with Crippen molar-refractivity contribution < 1.29 is 14.8 Å². The Bertz CT molecular complexity index is 530. The van der Waals surface area contributed by atoms with Crippen LogP contribution in [0.1, 0.15) is 28.8 Å². The first-order valence-electron chi connectivity index (χ1n) is 6.68. The summed E-state index contributed by atoms with van der Waals surface area (Å²) in [6, 6.07) is 4.36. The van der Waals surface area contributed by atoms with Gasteiger partial charge in [-0.3, -0.25) is 14.9 Å².